The third kappa shape index (κ3) is 4.02. The molecule has 0 saturated heterocycles. The fourth-order valence-electron chi connectivity index (χ4n) is 1.94. The summed E-state index contributed by atoms with van der Waals surface area (Å²) in [6.45, 7) is 2.07. The average molecular weight is 301 g/mol. The monoisotopic (exact) mass is 301 g/mol. The van der Waals surface area contributed by atoms with Crippen molar-refractivity contribution in [1.82, 2.24) is 9.97 Å². The highest BCUT2D eigenvalue weighted by Crippen LogP contribution is 2.18. The van der Waals surface area contributed by atoms with Gasteiger partial charge in [-0.1, -0.05) is 0 Å². The normalized spacial score (nSPS) is 11.8. The molecule has 0 radical (unpaired) electrons. The second-order valence-electron chi connectivity index (χ2n) is 4.71. The van der Waals surface area contributed by atoms with Gasteiger partial charge in [0.25, 0.3) is 0 Å². The van der Waals surface area contributed by atoms with E-state index in [0.29, 0.717) is 18.9 Å². The molecule has 1 atom stereocenters. The number of methoxy groups -OCH3 is 1. The molecule has 0 saturated carbocycles. The summed E-state index contributed by atoms with van der Waals surface area (Å²) in [5.74, 6) is 0.971. The quantitative estimate of drug-likeness (QED) is 0.815. The number of aromatic nitrogens is 2. The summed E-state index contributed by atoms with van der Waals surface area (Å²) >= 11 is 0. The van der Waals surface area contributed by atoms with Gasteiger partial charge in [-0.2, -0.15) is 0 Å². The van der Waals surface area contributed by atoms with E-state index >= 15 is 0 Å². The molecule has 2 aromatic rings. The molecule has 0 aliphatic carbocycles. The molecule has 2 rings (SSSR count). The van der Waals surface area contributed by atoms with Gasteiger partial charge in [0.1, 0.15) is 11.8 Å². The van der Waals surface area contributed by atoms with E-state index < -0.39 is 12.0 Å². The van der Waals surface area contributed by atoms with E-state index in [9.17, 15) is 4.79 Å². The van der Waals surface area contributed by atoms with Gasteiger partial charge in [0.2, 0.25) is 0 Å². The first-order valence-electron chi connectivity index (χ1n) is 7.01. The third-order valence-corrected chi connectivity index (χ3v) is 3.10. The molecule has 0 spiro atoms. The van der Waals surface area contributed by atoms with Gasteiger partial charge in [-0.3, -0.25) is 4.79 Å². The number of hydrogen-bond donors (Lipinski definition) is 1. The number of rotatable bonds is 6. The highest BCUT2D eigenvalue weighted by molar-refractivity contribution is 5.75. The van der Waals surface area contributed by atoms with Crippen molar-refractivity contribution in [2.24, 2.45) is 5.73 Å². The molecule has 0 aliphatic heterocycles. The van der Waals surface area contributed by atoms with E-state index in [4.69, 9.17) is 15.2 Å². The number of carbonyl (C=O) groups is 1. The fourth-order valence-corrected chi connectivity index (χ4v) is 1.94. The minimum absolute atomic E-state index is 0.319. The zero-order valence-corrected chi connectivity index (χ0v) is 12.7. The molecule has 1 unspecified atom stereocenters. The number of benzene rings is 1. The van der Waals surface area contributed by atoms with Crippen LogP contribution in [-0.2, 0) is 16.0 Å². The molecule has 1 aromatic heterocycles. The Hall–Kier alpha value is -2.47. The molecule has 0 aliphatic rings. The van der Waals surface area contributed by atoms with Gasteiger partial charge >= 0.3 is 5.97 Å². The maximum Gasteiger partial charge on any atom is 0.323 e. The van der Waals surface area contributed by atoms with E-state index in [1.807, 2.05) is 24.3 Å². The van der Waals surface area contributed by atoms with Crippen LogP contribution in [0.3, 0.4) is 0 Å². The Morgan fingerprint density at radius 3 is 2.41 bits per heavy atom. The Morgan fingerprint density at radius 2 is 1.86 bits per heavy atom. The summed E-state index contributed by atoms with van der Waals surface area (Å²) < 4.78 is 9.99. The SMILES string of the molecule is CCOC(=O)C(N)Cc1cnc(-c2ccc(OC)cc2)nc1. The summed E-state index contributed by atoms with van der Waals surface area (Å²) in [6, 6.07) is 6.78. The van der Waals surface area contributed by atoms with Crippen molar-refractivity contribution in [3.8, 4) is 17.1 Å². The van der Waals surface area contributed by atoms with Crippen LogP contribution in [0.5, 0.6) is 5.75 Å². The van der Waals surface area contributed by atoms with Gasteiger partial charge in [-0.15, -0.1) is 0 Å². The Balaban J connectivity index is 2.04. The van der Waals surface area contributed by atoms with Gasteiger partial charge in [-0.25, -0.2) is 9.97 Å². The molecule has 6 nitrogen and oxygen atoms in total. The number of hydrogen-bond acceptors (Lipinski definition) is 6. The lowest BCUT2D eigenvalue weighted by atomic mass is 10.1. The first-order chi connectivity index (χ1) is 10.6. The average Bonchev–Trinajstić information content (AvgIpc) is 2.56. The molecule has 0 bridgehead atoms. The van der Waals surface area contributed by atoms with Crippen molar-refractivity contribution in [2.75, 3.05) is 13.7 Å². The van der Waals surface area contributed by atoms with Gasteiger partial charge < -0.3 is 15.2 Å². The first-order valence-corrected chi connectivity index (χ1v) is 7.01. The van der Waals surface area contributed by atoms with Gasteiger partial charge in [0, 0.05) is 24.4 Å². The zero-order chi connectivity index (χ0) is 15.9. The van der Waals surface area contributed by atoms with Crippen LogP contribution in [0.15, 0.2) is 36.7 Å². The highest BCUT2D eigenvalue weighted by atomic mass is 16.5. The Labute approximate surface area is 129 Å². The molecule has 116 valence electrons. The van der Waals surface area contributed by atoms with Crippen LogP contribution in [0.1, 0.15) is 12.5 Å². The number of nitrogens with two attached hydrogens (primary N) is 1. The maximum absolute atomic E-state index is 11.5. The van der Waals surface area contributed by atoms with Crippen LogP contribution in [0.4, 0.5) is 0 Å². The molecule has 1 aromatic carbocycles. The fraction of sp³-hybridized carbons (Fsp3) is 0.312. The maximum atomic E-state index is 11.5. The number of carbonyl (C=O) groups excluding carboxylic acids is 1. The van der Waals surface area contributed by atoms with E-state index in [-0.39, 0.29) is 0 Å². The summed E-state index contributed by atoms with van der Waals surface area (Å²) in [5, 5.41) is 0. The van der Waals surface area contributed by atoms with E-state index in [1.165, 1.54) is 0 Å². The molecule has 1 heterocycles. The lowest BCUT2D eigenvalue weighted by molar-refractivity contribution is -0.144. The van der Waals surface area contributed by atoms with Crippen LogP contribution in [0.25, 0.3) is 11.4 Å². The van der Waals surface area contributed by atoms with Crippen molar-refractivity contribution in [3.05, 3.63) is 42.2 Å². The summed E-state index contributed by atoms with van der Waals surface area (Å²) in [6.07, 6.45) is 3.69. The Bertz CT molecular complexity index is 612. The van der Waals surface area contributed by atoms with Crippen LogP contribution in [0.2, 0.25) is 0 Å². The second kappa shape index (κ2) is 7.51. The lowest BCUT2D eigenvalue weighted by Gasteiger charge is -2.10. The van der Waals surface area contributed by atoms with E-state index in [0.717, 1.165) is 16.9 Å². The molecular weight excluding hydrogens is 282 g/mol. The van der Waals surface area contributed by atoms with Crippen LogP contribution in [0, 0.1) is 0 Å². The van der Waals surface area contributed by atoms with Crippen molar-refractivity contribution < 1.29 is 14.3 Å². The van der Waals surface area contributed by atoms with Gasteiger partial charge in [0.05, 0.1) is 13.7 Å². The number of ether oxygens (including phenoxy) is 2. The molecular formula is C16H19N3O3. The number of esters is 1. The minimum Gasteiger partial charge on any atom is -0.497 e. The molecule has 2 N–H and O–H groups in total. The molecule has 0 fully saturated rings. The zero-order valence-electron chi connectivity index (χ0n) is 12.7. The summed E-state index contributed by atoms with van der Waals surface area (Å²) in [7, 11) is 1.62. The van der Waals surface area contributed by atoms with Gasteiger partial charge in [0.15, 0.2) is 5.82 Å². The summed E-state index contributed by atoms with van der Waals surface area (Å²) in [4.78, 5) is 20.1. The van der Waals surface area contributed by atoms with E-state index in [2.05, 4.69) is 9.97 Å². The van der Waals surface area contributed by atoms with Crippen LogP contribution >= 0.6 is 0 Å². The smallest absolute Gasteiger partial charge is 0.323 e. The topological polar surface area (TPSA) is 87.3 Å². The minimum atomic E-state index is -0.699. The lowest BCUT2D eigenvalue weighted by Crippen LogP contribution is -2.34. The van der Waals surface area contributed by atoms with Crippen LogP contribution in [-0.4, -0.2) is 35.7 Å². The number of nitrogens with zero attached hydrogens (tertiary/aromatic N) is 2. The summed E-state index contributed by atoms with van der Waals surface area (Å²) in [5.41, 5.74) is 7.45. The van der Waals surface area contributed by atoms with Crippen molar-refractivity contribution in [1.29, 1.82) is 0 Å². The molecule has 22 heavy (non-hydrogen) atoms. The standard InChI is InChI=1S/C16H19N3O3/c1-3-22-16(20)14(17)8-11-9-18-15(19-10-11)12-4-6-13(21-2)7-5-12/h4-7,9-10,14H,3,8,17H2,1-2H3. The van der Waals surface area contributed by atoms with Gasteiger partial charge in [-0.05, 0) is 36.8 Å². The van der Waals surface area contributed by atoms with Crippen molar-refractivity contribution >= 4 is 5.97 Å². The Kier molecular flexibility index (Phi) is 5.43. The predicted molar refractivity (Wildman–Crippen MR) is 82.3 cm³/mol. The van der Waals surface area contributed by atoms with Crippen LogP contribution < -0.4 is 10.5 Å². The highest BCUT2D eigenvalue weighted by Gasteiger charge is 2.15. The largest absolute Gasteiger partial charge is 0.497 e. The van der Waals surface area contributed by atoms with Crippen molar-refractivity contribution in [3.63, 3.8) is 0 Å². The molecule has 6 heteroatoms. The second-order valence-corrected chi connectivity index (χ2v) is 4.71. The Morgan fingerprint density at radius 1 is 1.23 bits per heavy atom. The van der Waals surface area contributed by atoms with E-state index in [1.54, 1.807) is 26.4 Å². The molecule has 0 amide bonds. The van der Waals surface area contributed by atoms with Crippen molar-refractivity contribution in [2.45, 2.75) is 19.4 Å². The predicted octanol–water partition coefficient (Wildman–Crippen LogP) is 1.59. The first kappa shape index (κ1) is 15.9. The third-order valence-electron chi connectivity index (χ3n) is 3.10.